The van der Waals surface area contributed by atoms with Gasteiger partial charge in [-0.1, -0.05) is 0 Å². The molecule has 0 atom stereocenters. The molecule has 3 rings (SSSR count). The van der Waals surface area contributed by atoms with Crippen LogP contribution in [-0.4, -0.2) is 18.3 Å². The van der Waals surface area contributed by atoms with Crippen molar-refractivity contribution in [1.29, 1.82) is 0 Å². The number of benzene rings is 2. The van der Waals surface area contributed by atoms with Gasteiger partial charge < -0.3 is 15.2 Å². The quantitative estimate of drug-likeness (QED) is 0.615. The van der Waals surface area contributed by atoms with Gasteiger partial charge in [0, 0.05) is 27.5 Å². The largest absolute Gasteiger partial charge is 0.497 e. The number of rotatable bonds is 5. The van der Waals surface area contributed by atoms with E-state index in [1.807, 2.05) is 31.2 Å². The van der Waals surface area contributed by atoms with Crippen LogP contribution in [0.1, 0.15) is 10.4 Å². The molecule has 24 heavy (non-hydrogen) atoms. The van der Waals surface area contributed by atoms with Crippen molar-refractivity contribution in [2.24, 2.45) is 0 Å². The van der Waals surface area contributed by atoms with Crippen LogP contribution >= 0.6 is 11.3 Å². The van der Waals surface area contributed by atoms with Crippen LogP contribution in [-0.2, 0) is 6.54 Å². The number of aryl methyl sites for hydroxylation is 1. The summed E-state index contributed by atoms with van der Waals surface area (Å²) in [5.41, 5.74) is 2.43. The lowest BCUT2D eigenvalue weighted by Crippen LogP contribution is -2.08. The summed E-state index contributed by atoms with van der Waals surface area (Å²) < 4.78 is 6.45. The highest BCUT2D eigenvalue weighted by atomic mass is 32.1. The number of ether oxygens (including phenoxy) is 1. The fraction of sp³-hybridized carbons (Fsp3) is 0.167. The van der Waals surface area contributed by atoms with E-state index >= 15 is 0 Å². The molecule has 0 aliphatic rings. The number of amides is 1. The van der Waals surface area contributed by atoms with Crippen molar-refractivity contribution < 1.29 is 14.6 Å². The number of carbonyl (C=O) groups is 1. The first-order valence-electron chi connectivity index (χ1n) is 7.46. The monoisotopic (exact) mass is 342 g/mol. The Labute approximate surface area is 143 Å². The molecule has 0 saturated heterocycles. The van der Waals surface area contributed by atoms with E-state index in [9.17, 15) is 4.79 Å². The number of nitrogens with one attached hydrogen (secondary N) is 2. The van der Waals surface area contributed by atoms with Crippen molar-refractivity contribution in [1.82, 2.24) is 0 Å². The maximum absolute atomic E-state index is 10.7. The topological polar surface area (TPSA) is 70.6 Å². The maximum atomic E-state index is 10.7. The highest BCUT2D eigenvalue weighted by Gasteiger charge is 2.05. The number of hydrogen-bond donors (Lipinski definition) is 3. The molecule has 0 bridgehead atoms. The third-order valence-corrected chi connectivity index (χ3v) is 4.81. The van der Waals surface area contributed by atoms with Gasteiger partial charge in [-0.05, 0) is 60.3 Å². The number of carboxylic acid groups (broad SMARTS) is 1. The van der Waals surface area contributed by atoms with Crippen LogP contribution in [0.25, 0.3) is 10.1 Å². The van der Waals surface area contributed by atoms with Crippen LogP contribution in [0, 0.1) is 6.92 Å². The first-order chi connectivity index (χ1) is 11.5. The number of thiophene rings is 1. The van der Waals surface area contributed by atoms with Gasteiger partial charge in [0.2, 0.25) is 0 Å². The lowest BCUT2D eigenvalue weighted by Gasteiger charge is -2.09. The van der Waals surface area contributed by atoms with Gasteiger partial charge in [-0.15, -0.1) is 11.3 Å². The normalized spacial score (nSPS) is 10.6. The summed E-state index contributed by atoms with van der Waals surface area (Å²) in [6.07, 6.45) is -1.06. The van der Waals surface area contributed by atoms with Gasteiger partial charge in [0.15, 0.2) is 0 Å². The van der Waals surface area contributed by atoms with Gasteiger partial charge in [-0.2, -0.15) is 0 Å². The van der Waals surface area contributed by atoms with Gasteiger partial charge >= 0.3 is 6.09 Å². The van der Waals surface area contributed by atoms with E-state index in [4.69, 9.17) is 9.84 Å². The first kappa shape index (κ1) is 16.1. The Balaban J connectivity index is 1.71. The number of anilines is 2. The molecule has 1 heterocycles. The molecule has 0 fully saturated rings. The summed E-state index contributed by atoms with van der Waals surface area (Å²) >= 11 is 1.73. The van der Waals surface area contributed by atoms with Crippen molar-refractivity contribution in [2.75, 3.05) is 17.7 Å². The van der Waals surface area contributed by atoms with E-state index in [0.29, 0.717) is 12.2 Å². The zero-order chi connectivity index (χ0) is 17.1. The molecular weight excluding hydrogens is 324 g/mol. The summed E-state index contributed by atoms with van der Waals surface area (Å²) in [7, 11) is 1.67. The van der Waals surface area contributed by atoms with E-state index in [0.717, 1.165) is 17.0 Å². The minimum Gasteiger partial charge on any atom is -0.497 e. The molecule has 1 amide bonds. The highest BCUT2D eigenvalue weighted by molar-refractivity contribution is 7.19. The Hall–Kier alpha value is -2.73. The Morgan fingerprint density at radius 1 is 1.21 bits per heavy atom. The fourth-order valence-corrected chi connectivity index (χ4v) is 3.53. The van der Waals surface area contributed by atoms with E-state index in [1.54, 1.807) is 24.5 Å². The number of hydrogen-bond acceptors (Lipinski definition) is 4. The van der Waals surface area contributed by atoms with Gasteiger partial charge in [-0.25, -0.2) is 4.79 Å². The molecule has 1 aromatic heterocycles. The molecule has 5 nitrogen and oxygen atoms in total. The van der Waals surface area contributed by atoms with Gasteiger partial charge in [0.1, 0.15) is 5.75 Å². The lowest BCUT2D eigenvalue weighted by molar-refractivity contribution is 0.209. The molecule has 0 saturated carbocycles. The molecule has 124 valence electrons. The molecule has 0 aliphatic carbocycles. The van der Waals surface area contributed by atoms with Crippen LogP contribution in [0.15, 0.2) is 42.5 Å². The molecular formula is C18H18N2O3S. The van der Waals surface area contributed by atoms with Crippen LogP contribution in [0.4, 0.5) is 16.2 Å². The van der Waals surface area contributed by atoms with Crippen LogP contribution < -0.4 is 15.4 Å². The molecule has 6 heteroatoms. The average molecular weight is 342 g/mol. The van der Waals surface area contributed by atoms with Crippen molar-refractivity contribution in [3.63, 3.8) is 0 Å². The average Bonchev–Trinajstić information content (AvgIpc) is 2.96. The Morgan fingerprint density at radius 3 is 2.75 bits per heavy atom. The molecule has 3 aromatic rings. The van der Waals surface area contributed by atoms with E-state index in [1.165, 1.54) is 15.0 Å². The van der Waals surface area contributed by atoms with Gasteiger partial charge in [-0.3, -0.25) is 5.32 Å². The maximum Gasteiger partial charge on any atom is 0.409 e. The minimum absolute atomic E-state index is 0.599. The van der Waals surface area contributed by atoms with Crippen LogP contribution in [0.2, 0.25) is 0 Å². The third-order valence-electron chi connectivity index (χ3n) is 3.71. The van der Waals surface area contributed by atoms with Crippen molar-refractivity contribution >= 4 is 38.9 Å². The first-order valence-corrected chi connectivity index (χ1v) is 8.28. The second-order valence-electron chi connectivity index (χ2n) is 5.43. The van der Waals surface area contributed by atoms with Crippen LogP contribution in [0.5, 0.6) is 5.75 Å². The summed E-state index contributed by atoms with van der Waals surface area (Å²) in [5.74, 6) is 0.862. The smallest absolute Gasteiger partial charge is 0.409 e. The number of fused-ring (bicyclic) bond motifs is 1. The van der Waals surface area contributed by atoms with E-state index in [2.05, 4.69) is 22.8 Å². The Morgan fingerprint density at radius 2 is 2.04 bits per heavy atom. The second kappa shape index (κ2) is 6.80. The zero-order valence-electron chi connectivity index (χ0n) is 13.4. The molecule has 3 N–H and O–H groups in total. The Kier molecular flexibility index (Phi) is 4.57. The molecule has 0 unspecified atom stereocenters. The predicted octanol–water partition coefficient (Wildman–Crippen LogP) is 4.92. The molecule has 0 radical (unpaired) electrons. The summed E-state index contributed by atoms with van der Waals surface area (Å²) in [4.78, 5) is 11.9. The van der Waals surface area contributed by atoms with Crippen molar-refractivity contribution in [3.8, 4) is 5.75 Å². The second-order valence-corrected chi connectivity index (χ2v) is 6.60. The SMILES string of the molecule is COc1ccc2cc(CNc3ccc(NC(=O)O)c(C)c3)sc2c1. The number of methoxy groups -OCH3 is 1. The molecule has 0 spiro atoms. The standard InChI is InChI=1S/C18H18N2O3S/c1-11-7-13(4-6-16(11)20-18(21)22)19-10-15-8-12-3-5-14(23-2)9-17(12)24-15/h3-9,19-20H,10H2,1-2H3,(H,21,22). The van der Waals surface area contributed by atoms with Crippen molar-refractivity contribution in [3.05, 3.63) is 52.9 Å². The summed E-state index contributed by atoms with van der Waals surface area (Å²) in [6.45, 7) is 2.59. The highest BCUT2D eigenvalue weighted by Crippen LogP contribution is 2.30. The summed E-state index contributed by atoms with van der Waals surface area (Å²) in [6, 6.07) is 13.8. The van der Waals surface area contributed by atoms with Crippen LogP contribution in [0.3, 0.4) is 0 Å². The summed E-state index contributed by atoms with van der Waals surface area (Å²) in [5, 5.41) is 15.7. The van der Waals surface area contributed by atoms with E-state index < -0.39 is 6.09 Å². The van der Waals surface area contributed by atoms with Gasteiger partial charge in [0.05, 0.1) is 7.11 Å². The minimum atomic E-state index is -1.06. The lowest BCUT2D eigenvalue weighted by atomic mass is 10.1. The van der Waals surface area contributed by atoms with Gasteiger partial charge in [0.25, 0.3) is 0 Å². The Bertz CT molecular complexity index is 889. The molecule has 2 aromatic carbocycles. The zero-order valence-corrected chi connectivity index (χ0v) is 14.2. The third kappa shape index (κ3) is 3.60. The van der Waals surface area contributed by atoms with E-state index in [-0.39, 0.29) is 0 Å². The predicted molar refractivity (Wildman–Crippen MR) is 98.5 cm³/mol. The fourth-order valence-electron chi connectivity index (χ4n) is 2.50. The molecule has 0 aliphatic heterocycles. The van der Waals surface area contributed by atoms with Crippen molar-refractivity contribution in [2.45, 2.75) is 13.5 Å².